The van der Waals surface area contributed by atoms with Crippen molar-refractivity contribution in [3.63, 3.8) is 0 Å². The average Bonchev–Trinajstić information content (AvgIpc) is 2.79. The lowest BCUT2D eigenvalue weighted by atomic mass is 9.89. The fraction of sp³-hybridized carbons (Fsp3) is 0.400. The van der Waals surface area contributed by atoms with E-state index in [1.165, 1.54) is 18.9 Å². The third-order valence-corrected chi connectivity index (χ3v) is 6.76. The van der Waals surface area contributed by atoms with Gasteiger partial charge in [-0.3, -0.25) is 4.98 Å². The second-order valence-electron chi connectivity index (χ2n) is 8.25. The van der Waals surface area contributed by atoms with Gasteiger partial charge in [0.15, 0.2) is 11.6 Å². The molecule has 0 aliphatic heterocycles. The quantitative estimate of drug-likeness (QED) is 0.460. The van der Waals surface area contributed by atoms with Crippen LogP contribution in [0.25, 0.3) is 22.0 Å². The number of rotatable bonds is 6. The molecule has 3 aromatic rings. The lowest BCUT2D eigenvalue weighted by Gasteiger charge is -2.36. The molecule has 1 heterocycles. The van der Waals surface area contributed by atoms with Crippen LogP contribution >= 0.6 is 11.6 Å². The Balaban J connectivity index is 1.57. The molecule has 0 amide bonds. The molecule has 0 unspecified atom stereocenters. The molecule has 0 atom stereocenters. The van der Waals surface area contributed by atoms with Gasteiger partial charge in [-0.05, 0) is 80.2 Å². The summed E-state index contributed by atoms with van der Waals surface area (Å²) in [6, 6.07) is 11.9. The maximum absolute atomic E-state index is 14.0. The number of anilines is 1. The number of benzene rings is 2. The predicted molar refractivity (Wildman–Crippen MR) is 126 cm³/mol. The minimum atomic E-state index is -0.725. The van der Waals surface area contributed by atoms with Gasteiger partial charge < -0.3 is 15.3 Å². The Kier molecular flexibility index (Phi) is 6.63. The van der Waals surface area contributed by atoms with Crippen molar-refractivity contribution >= 4 is 28.2 Å². The normalized spacial score (nSPS) is 19.1. The van der Waals surface area contributed by atoms with E-state index in [9.17, 15) is 9.50 Å². The minimum Gasteiger partial charge on any atom is -0.504 e. The van der Waals surface area contributed by atoms with Crippen LogP contribution in [0.5, 0.6) is 5.75 Å². The highest BCUT2D eigenvalue weighted by Gasteiger charge is 2.24. The number of phenolic OH excluding ortho intramolecular Hbond substituents is 1. The maximum Gasteiger partial charge on any atom is 0.170 e. The molecule has 0 saturated heterocycles. The zero-order valence-electron chi connectivity index (χ0n) is 18.0. The zero-order valence-corrected chi connectivity index (χ0v) is 18.8. The number of nitrogens with one attached hydrogen (secondary N) is 1. The van der Waals surface area contributed by atoms with Crippen molar-refractivity contribution in [3.8, 4) is 16.9 Å². The first-order chi connectivity index (χ1) is 15.0. The van der Waals surface area contributed by atoms with E-state index in [4.69, 9.17) is 11.6 Å². The van der Waals surface area contributed by atoms with Crippen molar-refractivity contribution in [1.82, 2.24) is 9.88 Å². The molecule has 0 spiro atoms. The SMILES string of the molecule is CCN(CC)C1CCC(Nc2ccnc3ccc(-c4cc(F)c(O)c(Cl)c4)cc23)CC1. The van der Waals surface area contributed by atoms with Gasteiger partial charge >= 0.3 is 0 Å². The summed E-state index contributed by atoms with van der Waals surface area (Å²) in [6.07, 6.45) is 6.52. The summed E-state index contributed by atoms with van der Waals surface area (Å²) in [5.74, 6) is -1.24. The molecule has 1 aromatic heterocycles. The van der Waals surface area contributed by atoms with Gasteiger partial charge in [0.25, 0.3) is 0 Å². The van der Waals surface area contributed by atoms with Crippen molar-refractivity contribution < 1.29 is 9.50 Å². The molecule has 1 aliphatic rings. The number of nitrogens with zero attached hydrogens (tertiary/aromatic N) is 2. The molecule has 4 rings (SSSR count). The lowest BCUT2D eigenvalue weighted by molar-refractivity contribution is 0.167. The predicted octanol–water partition coefficient (Wildman–Crippen LogP) is 6.46. The summed E-state index contributed by atoms with van der Waals surface area (Å²) in [5.41, 5.74) is 3.38. The molecule has 4 nitrogen and oxygen atoms in total. The highest BCUT2D eigenvalue weighted by Crippen LogP contribution is 2.35. The van der Waals surface area contributed by atoms with Crippen LogP contribution < -0.4 is 5.32 Å². The minimum absolute atomic E-state index is 0.00425. The van der Waals surface area contributed by atoms with Crippen LogP contribution in [-0.2, 0) is 0 Å². The van der Waals surface area contributed by atoms with Crippen LogP contribution in [0.4, 0.5) is 10.1 Å². The number of hydrogen-bond acceptors (Lipinski definition) is 4. The Labute approximate surface area is 188 Å². The van der Waals surface area contributed by atoms with E-state index < -0.39 is 11.6 Å². The van der Waals surface area contributed by atoms with E-state index in [1.807, 2.05) is 30.5 Å². The molecule has 6 heteroatoms. The molecular weight excluding hydrogens is 413 g/mol. The Morgan fingerprint density at radius 3 is 2.48 bits per heavy atom. The molecule has 1 fully saturated rings. The highest BCUT2D eigenvalue weighted by molar-refractivity contribution is 6.32. The fourth-order valence-corrected chi connectivity index (χ4v) is 4.94. The number of hydrogen-bond donors (Lipinski definition) is 2. The molecule has 31 heavy (non-hydrogen) atoms. The fourth-order valence-electron chi connectivity index (χ4n) is 4.73. The Hall–Kier alpha value is -2.37. The molecule has 0 bridgehead atoms. The molecule has 2 aromatic carbocycles. The second-order valence-corrected chi connectivity index (χ2v) is 8.66. The van der Waals surface area contributed by atoms with Crippen molar-refractivity contribution in [3.05, 3.63) is 53.4 Å². The first-order valence-electron chi connectivity index (χ1n) is 11.1. The average molecular weight is 442 g/mol. The van der Waals surface area contributed by atoms with Crippen LogP contribution in [0.3, 0.4) is 0 Å². The summed E-state index contributed by atoms with van der Waals surface area (Å²) in [7, 11) is 0. The largest absolute Gasteiger partial charge is 0.504 e. The molecule has 1 saturated carbocycles. The van der Waals surface area contributed by atoms with Gasteiger partial charge in [0.1, 0.15) is 0 Å². The summed E-state index contributed by atoms with van der Waals surface area (Å²) >= 11 is 5.98. The number of phenols is 1. The summed E-state index contributed by atoms with van der Waals surface area (Å²) in [4.78, 5) is 7.05. The highest BCUT2D eigenvalue weighted by atomic mass is 35.5. The third-order valence-electron chi connectivity index (χ3n) is 6.48. The number of aromatic hydroxyl groups is 1. The molecular formula is C25H29ClFN3O. The first kappa shape index (κ1) is 21.8. The smallest absolute Gasteiger partial charge is 0.170 e. The van der Waals surface area contributed by atoms with E-state index >= 15 is 0 Å². The van der Waals surface area contributed by atoms with Crippen LogP contribution in [0.15, 0.2) is 42.6 Å². The zero-order chi connectivity index (χ0) is 22.0. The third kappa shape index (κ3) is 4.63. The monoisotopic (exact) mass is 441 g/mol. The van der Waals surface area contributed by atoms with Crippen molar-refractivity contribution in [2.24, 2.45) is 0 Å². The Morgan fingerprint density at radius 2 is 1.81 bits per heavy atom. The number of pyridine rings is 1. The van der Waals surface area contributed by atoms with E-state index in [0.29, 0.717) is 17.6 Å². The molecule has 0 radical (unpaired) electrons. The van der Waals surface area contributed by atoms with E-state index in [1.54, 1.807) is 6.07 Å². The van der Waals surface area contributed by atoms with Gasteiger partial charge in [-0.15, -0.1) is 0 Å². The van der Waals surface area contributed by atoms with Crippen LogP contribution in [0, 0.1) is 5.82 Å². The number of halogens is 2. The van der Waals surface area contributed by atoms with Crippen molar-refractivity contribution in [2.45, 2.75) is 51.6 Å². The molecule has 2 N–H and O–H groups in total. The van der Waals surface area contributed by atoms with E-state index in [2.05, 4.69) is 29.0 Å². The van der Waals surface area contributed by atoms with Gasteiger partial charge in [-0.1, -0.05) is 31.5 Å². The van der Waals surface area contributed by atoms with Gasteiger partial charge in [-0.25, -0.2) is 4.39 Å². The Morgan fingerprint density at radius 1 is 1.06 bits per heavy atom. The van der Waals surface area contributed by atoms with Crippen molar-refractivity contribution in [2.75, 3.05) is 18.4 Å². The van der Waals surface area contributed by atoms with Gasteiger partial charge in [0.05, 0.1) is 10.5 Å². The van der Waals surface area contributed by atoms with Crippen LogP contribution in [-0.4, -0.2) is 40.2 Å². The molecule has 1 aliphatic carbocycles. The first-order valence-corrected chi connectivity index (χ1v) is 11.5. The van der Waals surface area contributed by atoms with E-state index in [-0.39, 0.29) is 5.02 Å². The number of fused-ring (bicyclic) bond motifs is 1. The summed E-state index contributed by atoms with van der Waals surface area (Å²) in [6.45, 7) is 6.70. The van der Waals surface area contributed by atoms with Gasteiger partial charge in [0, 0.05) is 29.4 Å². The van der Waals surface area contributed by atoms with Gasteiger partial charge in [0.2, 0.25) is 0 Å². The van der Waals surface area contributed by atoms with Crippen LogP contribution in [0.2, 0.25) is 5.02 Å². The van der Waals surface area contributed by atoms with Crippen molar-refractivity contribution in [1.29, 1.82) is 0 Å². The topological polar surface area (TPSA) is 48.4 Å². The molecule has 164 valence electrons. The maximum atomic E-state index is 14.0. The Bertz CT molecular complexity index is 1040. The standard InChI is InChI=1S/C25H29ClFN3O/c1-3-30(4-2)19-8-6-18(7-9-19)29-24-11-12-28-23-10-5-16(13-20(23)24)17-14-21(26)25(31)22(27)15-17/h5,10-15,18-19,31H,3-4,6-9H2,1-2H3,(H,28,29). The van der Waals surface area contributed by atoms with E-state index in [0.717, 1.165) is 48.1 Å². The van der Waals surface area contributed by atoms with Crippen LogP contribution in [0.1, 0.15) is 39.5 Å². The summed E-state index contributed by atoms with van der Waals surface area (Å²) < 4.78 is 14.0. The lowest BCUT2D eigenvalue weighted by Crippen LogP contribution is -2.40. The number of aromatic nitrogens is 1. The summed E-state index contributed by atoms with van der Waals surface area (Å²) in [5, 5.41) is 14.4. The van der Waals surface area contributed by atoms with Gasteiger partial charge in [-0.2, -0.15) is 0 Å². The second kappa shape index (κ2) is 9.41.